The molecule has 0 saturated heterocycles. The summed E-state index contributed by atoms with van der Waals surface area (Å²) in [6.45, 7) is 6.96. The van der Waals surface area contributed by atoms with Crippen LogP contribution in [-0.4, -0.2) is 39.9 Å². The number of methoxy groups -OCH3 is 1. The first-order chi connectivity index (χ1) is 14.7. The molecule has 1 amide bonds. The van der Waals surface area contributed by atoms with Gasteiger partial charge < -0.3 is 25.3 Å². The molecule has 2 atom stereocenters. The molecule has 0 heterocycles. The second kappa shape index (κ2) is 11.5. The van der Waals surface area contributed by atoms with Gasteiger partial charge in [0, 0.05) is 8.07 Å². The largest absolute Gasteiger partial charge is 0.497 e. The van der Waals surface area contributed by atoms with Crippen molar-refractivity contribution in [2.24, 2.45) is 5.73 Å². The van der Waals surface area contributed by atoms with Crippen molar-refractivity contribution in [1.29, 1.82) is 0 Å². The summed E-state index contributed by atoms with van der Waals surface area (Å²) in [6.07, 6.45) is -0.736. The third kappa shape index (κ3) is 8.43. The minimum Gasteiger partial charge on any atom is -0.497 e. The first-order valence-electron chi connectivity index (χ1n) is 10.2. The second-order valence-corrected chi connectivity index (χ2v) is 14.1. The third-order valence-corrected chi connectivity index (χ3v) is 6.40. The molecule has 0 radical (unpaired) electrons. The van der Waals surface area contributed by atoms with Gasteiger partial charge in [0.25, 0.3) is 0 Å². The van der Waals surface area contributed by atoms with Gasteiger partial charge in [0.2, 0.25) is 0 Å². The topological polar surface area (TPSA) is 99.9 Å². The molecule has 0 unspecified atom stereocenters. The lowest BCUT2D eigenvalue weighted by atomic mass is 10.00. The van der Waals surface area contributed by atoms with Gasteiger partial charge in [-0.25, -0.2) is 9.59 Å². The van der Waals surface area contributed by atoms with Crippen molar-refractivity contribution in [3.05, 3.63) is 65.7 Å². The van der Waals surface area contributed by atoms with E-state index >= 15 is 0 Å². The molecule has 2 rings (SSSR count). The minimum atomic E-state index is -1.38. The number of nitrogens with two attached hydrogens (primary N) is 1. The fraction of sp³-hybridized carbons (Fsp3) is 0.391. The molecule has 7 nitrogen and oxygen atoms in total. The Morgan fingerprint density at radius 2 is 1.65 bits per heavy atom. The van der Waals surface area contributed by atoms with Crippen molar-refractivity contribution in [3.8, 4) is 5.75 Å². The van der Waals surface area contributed by atoms with Crippen LogP contribution in [0.2, 0.25) is 25.7 Å². The molecular formula is C23H32N2O5Si. The Morgan fingerprint density at radius 1 is 1.00 bits per heavy atom. The van der Waals surface area contributed by atoms with Crippen LogP contribution < -0.4 is 15.8 Å². The van der Waals surface area contributed by atoms with Crippen LogP contribution in [0.1, 0.15) is 17.2 Å². The summed E-state index contributed by atoms with van der Waals surface area (Å²) in [6, 6.07) is 15.2. The van der Waals surface area contributed by atoms with Crippen molar-refractivity contribution in [2.75, 3.05) is 13.7 Å². The molecule has 0 spiro atoms. The summed E-state index contributed by atoms with van der Waals surface area (Å²) in [4.78, 5) is 25.2. The maximum Gasteiger partial charge on any atom is 0.408 e. The maximum atomic E-state index is 12.8. The quantitative estimate of drug-likeness (QED) is 0.426. The highest BCUT2D eigenvalue weighted by molar-refractivity contribution is 6.76. The van der Waals surface area contributed by atoms with Gasteiger partial charge in [-0.3, -0.25) is 0 Å². The number of hydrogen-bond acceptors (Lipinski definition) is 6. The molecule has 0 bridgehead atoms. The lowest BCUT2D eigenvalue weighted by Crippen LogP contribution is -2.49. The van der Waals surface area contributed by atoms with Gasteiger partial charge in [-0.15, -0.1) is 0 Å². The average Bonchev–Trinajstić information content (AvgIpc) is 2.75. The zero-order valence-electron chi connectivity index (χ0n) is 18.6. The van der Waals surface area contributed by atoms with Gasteiger partial charge in [0.15, 0.2) is 0 Å². The minimum absolute atomic E-state index is 0.0852. The van der Waals surface area contributed by atoms with Crippen LogP contribution in [0.3, 0.4) is 0 Å². The van der Waals surface area contributed by atoms with E-state index < -0.39 is 32.2 Å². The van der Waals surface area contributed by atoms with Gasteiger partial charge >= 0.3 is 12.1 Å². The average molecular weight is 445 g/mol. The van der Waals surface area contributed by atoms with Gasteiger partial charge in [0.1, 0.15) is 18.4 Å². The van der Waals surface area contributed by atoms with Crippen molar-refractivity contribution in [2.45, 2.75) is 44.4 Å². The molecule has 0 aromatic heterocycles. The number of amides is 1. The smallest absolute Gasteiger partial charge is 0.408 e. The Morgan fingerprint density at radius 3 is 2.23 bits per heavy atom. The SMILES string of the molecule is COc1ccc([C@H](N)[C@@H](NC(=O)OCc2ccccc2)C(=O)OCC[Si](C)(C)C)cc1. The normalized spacial score (nSPS) is 13.1. The fourth-order valence-electron chi connectivity index (χ4n) is 2.75. The molecule has 31 heavy (non-hydrogen) atoms. The molecule has 0 aliphatic carbocycles. The van der Waals surface area contributed by atoms with Gasteiger partial charge in [-0.05, 0) is 29.3 Å². The lowest BCUT2D eigenvalue weighted by molar-refractivity contribution is -0.146. The molecule has 0 aliphatic rings. The standard InChI is InChI=1S/C23H32N2O5Si/c1-28-19-12-10-18(11-13-19)20(24)21(22(26)29-14-15-31(2,3)4)25-23(27)30-16-17-8-6-5-7-9-17/h5-13,20-21H,14-16,24H2,1-4H3,(H,25,27)/t20-,21+/m0/s1. The molecule has 0 fully saturated rings. The van der Waals surface area contributed by atoms with E-state index in [1.165, 1.54) is 0 Å². The number of nitrogens with one attached hydrogen (secondary N) is 1. The molecule has 2 aromatic carbocycles. The first kappa shape index (κ1) is 24.4. The summed E-state index contributed by atoms with van der Waals surface area (Å²) in [5.41, 5.74) is 7.84. The molecule has 2 aromatic rings. The summed E-state index contributed by atoms with van der Waals surface area (Å²) < 4.78 is 15.9. The van der Waals surface area contributed by atoms with Crippen molar-refractivity contribution >= 4 is 20.1 Å². The molecule has 168 valence electrons. The highest BCUT2D eigenvalue weighted by Gasteiger charge is 2.31. The van der Waals surface area contributed by atoms with Crippen molar-refractivity contribution in [1.82, 2.24) is 5.32 Å². The van der Waals surface area contributed by atoms with Crippen molar-refractivity contribution in [3.63, 3.8) is 0 Å². The van der Waals surface area contributed by atoms with E-state index in [4.69, 9.17) is 19.9 Å². The highest BCUT2D eigenvalue weighted by atomic mass is 28.3. The predicted octanol–water partition coefficient (Wildman–Crippen LogP) is 3.87. The first-order valence-corrected chi connectivity index (χ1v) is 13.9. The number of rotatable bonds is 10. The number of benzene rings is 2. The van der Waals surface area contributed by atoms with E-state index in [1.54, 1.807) is 31.4 Å². The Labute approximate surface area is 184 Å². The van der Waals surface area contributed by atoms with Crippen LogP contribution in [-0.2, 0) is 20.9 Å². The van der Waals surface area contributed by atoms with Crippen LogP contribution in [0.15, 0.2) is 54.6 Å². The highest BCUT2D eigenvalue weighted by Crippen LogP contribution is 2.20. The van der Waals surface area contributed by atoms with Crippen LogP contribution in [0.5, 0.6) is 5.75 Å². The number of ether oxygens (including phenoxy) is 3. The van der Waals surface area contributed by atoms with Gasteiger partial charge in [0.05, 0.1) is 19.8 Å². The zero-order valence-corrected chi connectivity index (χ0v) is 19.6. The van der Waals surface area contributed by atoms with Crippen molar-refractivity contribution < 1.29 is 23.8 Å². The summed E-state index contributed by atoms with van der Waals surface area (Å²) in [5, 5.41) is 2.58. The molecule has 0 saturated carbocycles. The number of carbonyl (C=O) groups is 2. The molecular weight excluding hydrogens is 412 g/mol. The Bertz CT molecular complexity index is 837. The number of alkyl carbamates (subject to hydrolysis) is 1. The fourth-order valence-corrected chi connectivity index (χ4v) is 3.47. The Hall–Kier alpha value is -2.84. The number of hydrogen-bond donors (Lipinski definition) is 2. The van der Waals surface area contributed by atoms with Crippen LogP contribution in [0, 0.1) is 0 Å². The number of esters is 1. The lowest BCUT2D eigenvalue weighted by Gasteiger charge is -2.24. The van der Waals surface area contributed by atoms with Crippen LogP contribution in [0.4, 0.5) is 4.79 Å². The Balaban J connectivity index is 2.07. The summed E-state index contributed by atoms with van der Waals surface area (Å²) in [7, 11) is 0.190. The number of carbonyl (C=O) groups excluding carboxylic acids is 2. The monoisotopic (exact) mass is 444 g/mol. The van der Waals surface area contributed by atoms with E-state index in [1.807, 2.05) is 30.3 Å². The summed E-state index contributed by atoms with van der Waals surface area (Å²) in [5.74, 6) is 0.0821. The third-order valence-electron chi connectivity index (χ3n) is 4.70. The van der Waals surface area contributed by atoms with Crippen LogP contribution in [0.25, 0.3) is 0 Å². The van der Waals surface area contributed by atoms with E-state index in [2.05, 4.69) is 25.0 Å². The maximum absolute atomic E-state index is 12.8. The Kier molecular flexibility index (Phi) is 9.08. The van der Waals surface area contributed by atoms with E-state index in [-0.39, 0.29) is 6.61 Å². The second-order valence-electron chi connectivity index (χ2n) is 8.46. The van der Waals surface area contributed by atoms with Gasteiger partial charge in [-0.2, -0.15) is 0 Å². The van der Waals surface area contributed by atoms with Crippen LogP contribution >= 0.6 is 0 Å². The molecule has 0 aliphatic heterocycles. The van der Waals surface area contributed by atoms with E-state index in [9.17, 15) is 9.59 Å². The zero-order chi connectivity index (χ0) is 22.9. The predicted molar refractivity (Wildman–Crippen MR) is 123 cm³/mol. The van der Waals surface area contributed by atoms with Gasteiger partial charge in [-0.1, -0.05) is 62.1 Å². The van der Waals surface area contributed by atoms with E-state index in [0.29, 0.717) is 17.9 Å². The molecule has 8 heteroatoms. The molecule has 3 N–H and O–H groups in total. The van der Waals surface area contributed by atoms with E-state index in [0.717, 1.165) is 11.6 Å². The summed E-state index contributed by atoms with van der Waals surface area (Å²) >= 11 is 0.